The molecule has 0 unspecified atom stereocenters. The zero-order valence-corrected chi connectivity index (χ0v) is 28.6. The Morgan fingerprint density at radius 2 is 1.81 bits per heavy atom. The largest absolute Gasteiger partial charge is 0.495 e. The molecule has 2 aromatic carbocycles. The van der Waals surface area contributed by atoms with E-state index in [0.29, 0.717) is 55.5 Å². The van der Waals surface area contributed by atoms with E-state index in [2.05, 4.69) is 27.5 Å². The first kappa shape index (κ1) is 37.7. The van der Waals surface area contributed by atoms with Crippen LogP contribution >= 0.6 is 11.6 Å². The van der Waals surface area contributed by atoms with E-state index in [0.717, 1.165) is 49.1 Å². The third kappa shape index (κ3) is 8.40. The van der Waals surface area contributed by atoms with Gasteiger partial charge in [0.15, 0.2) is 5.82 Å². The quantitative estimate of drug-likeness (QED) is 0.266. The van der Waals surface area contributed by atoms with Crippen LogP contribution in [0.4, 0.5) is 11.4 Å². The first-order valence-electron chi connectivity index (χ1n) is 15.4. The number of hydrogen-bond donors (Lipinski definition) is 4. The minimum atomic E-state index is -0.425. The lowest BCUT2D eigenvalue weighted by Gasteiger charge is -2.35. The summed E-state index contributed by atoms with van der Waals surface area (Å²) in [4.78, 5) is 55.1. The van der Waals surface area contributed by atoms with Gasteiger partial charge >= 0.3 is 0 Å². The van der Waals surface area contributed by atoms with Crippen molar-refractivity contribution in [2.45, 2.75) is 12.8 Å². The molecule has 0 aliphatic carbocycles. The Balaban J connectivity index is 0.00000151. The van der Waals surface area contributed by atoms with E-state index in [9.17, 15) is 14.4 Å². The van der Waals surface area contributed by atoms with E-state index in [1.165, 1.54) is 0 Å². The molecule has 0 bridgehead atoms. The highest BCUT2D eigenvalue weighted by molar-refractivity contribution is 6.34. The topological polar surface area (TPSA) is 158 Å². The van der Waals surface area contributed by atoms with Gasteiger partial charge in [0.1, 0.15) is 12.5 Å². The molecular formula is C34H44ClN7O6. The second-order valence-corrected chi connectivity index (χ2v) is 11.4. The highest BCUT2D eigenvalue weighted by atomic mass is 35.5. The Bertz CT molecular complexity index is 1600. The summed E-state index contributed by atoms with van der Waals surface area (Å²) in [5.74, 6) is 0.790. The number of carbonyl (C=O) groups is 4. The number of amides is 3. The van der Waals surface area contributed by atoms with Gasteiger partial charge in [0.2, 0.25) is 5.91 Å². The number of rotatable bonds is 9. The summed E-state index contributed by atoms with van der Waals surface area (Å²) in [5.41, 5.74) is 3.94. The summed E-state index contributed by atoms with van der Waals surface area (Å²) in [6, 6.07) is 8.57. The molecule has 4 N–H and O–H groups in total. The Hall–Kier alpha value is -4.72. The van der Waals surface area contributed by atoms with Crippen molar-refractivity contribution in [3.63, 3.8) is 0 Å². The van der Waals surface area contributed by atoms with Crippen LogP contribution in [0.2, 0.25) is 5.02 Å². The summed E-state index contributed by atoms with van der Waals surface area (Å²) in [6.07, 6.45) is 4.95. The van der Waals surface area contributed by atoms with Crippen molar-refractivity contribution in [3.8, 4) is 17.0 Å². The maximum Gasteiger partial charge on any atom is 0.291 e. The molecule has 2 fully saturated rings. The van der Waals surface area contributed by atoms with Gasteiger partial charge in [-0.05, 0) is 55.8 Å². The lowest BCUT2D eigenvalue weighted by molar-refractivity contribution is -0.133. The molecule has 3 aromatic rings. The molecular weight excluding hydrogens is 638 g/mol. The molecule has 1 aromatic heterocycles. The van der Waals surface area contributed by atoms with Gasteiger partial charge in [0.25, 0.3) is 11.8 Å². The van der Waals surface area contributed by atoms with Crippen molar-refractivity contribution < 1.29 is 29.0 Å². The Labute approximate surface area is 285 Å². The normalized spacial score (nSPS) is 15.3. The Morgan fingerprint density at radius 3 is 2.40 bits per heavy atom. The van der Waals surface area contributed by atoms with Gasteiger partial charge in [0, 0.05) is 70.6 Å². The van der Waals surface area contributed by atoms with E-state index < -0.39 is 5.91 Å². The van der Waals surface area contributed by atoms with E-state index in [4.69, 9.17) is 26.2 Å². The molecule has 13 nitrogen and oxygen atoms in total. The van der Waals surface area contributed by atoms with E-state index in [1.807, 2.05) is 23.8 Å². The second kappa shape index (κ2) is 18.0. The average molecular weight is 682 g/mol. The number of imidazole rings is 1. The molecule has 0 radical (unpaired) electrons. The molecule has 5 rings (SSSR count). The van der Waals surface area contributed by atoms with Crippen molar-refractivity contribution in [1.82, 2.24) is 24.7 Å². The molecule has 3 amide bonds. The number of aliphatic hydroxyl groups excluding tert-OH is 1. The number of carbonyl (C=O) groups excluding carboxylic acids is 4. The Morgan fingerprint density at radius 1 is 1.12 bits per heavy atom. The van der Waals surface area contributed by atoms with Gasteiger partial charge < -0.3 is 45.0 Å². The van der Waals surface area contributed by atoms with Crippen molar-refractivity contribution in [1.29, 1.82) is 0 Å². The smallest absolute Gasteiger partial charge is 0.291 e. The van der Waals surface area contributed by atoms with Crippen LogP contribution in [0.25, 0.3) is 17.3 Å². The minimum absolute atomic E-state index is 0.150. The number of benzene rings is 2. The zero-order chi connectivity index (χ0) is 35.4. The maximum absolute atomic E-state index is 13.3. The van der Waals surface area contributed by atoms with Crippen LogP contribution in [-0.4, -0.2) is 110 Å². The van der Waals surface area contributed by atoms with Crippen LogP contribution in [0.3, 0.4) is 0 Å². The van der Waals surface area contributed by atoms with Crippen LogP contribution in [0, 0.1) is 5.92 Å². The fourth-order valence-corrected chi connectivity index (χ4v) is 6.14. The number of hydrogen-bond acceptors (Lipinski definition) is 9. The number of nitrogens with one attached hydrogen (secondary N) is 3. The monoisotopic (exact) mass is 681 g/mol. The van der Waals surface area contributed by atoms with Gasteiger partial charge in [-0.15, -0.1) is 0 Å². The molecule has 2 aliphatic rings. The molecule has 0 spiro atoms. The molecule has 0 saturated carbocycles. The number of nitrogens with zero attached hydrogens (tertiary/aromatic N) is 4. The number of aliphatic hydroxyl groups is 1. The highest BCUT2D eigenvalue weighted by Gasteiger charge is 2.28. The lowest BCUT2D eigenvalue weighted by atomic mass is 10.0. The first-order valence-corrected chi connectivity index (χ1v) is 15.8. The van der Waals surface area contributed by atoms with Crippen LogP contribution in [0.15, 0.2) is 43.1 Å². The first-order chi connectivity index (χ1) is 23.2. The summed E-state index contributed by atoms with van der Waals surface area (Å²) >= 11 is 6.53. The van der Waals surface area contributed by atoms with Crippen LogP contribution < -0.4 is 20.7 Å². The SMILES string of the molecule is C=Cc1c(-c2cnc(C(=O)Nc3ccc(C(=O)N4CCN(C(=O)C[C@@H]5CCNC5)CC4)c(Cl)c3)n2C)ccc(OC)c1NC.C=O.CO. The van der Waals surface area contributed by atoms with Gasteiger partial charge in [-0.25, -0.2) is 4.98 Å². The Kier molecular flexibility index (Phi) is 14.1. The summed E-state index contributed by atoms with van der Waals surface area (Å²) in [5, 5.41) is 16.5. The second-order valence-electron chi connectivity index (χ2n) is 11.0. The molecule has 48 heavy (non-hydrogen) atoms. The maximum atomic E-state index is 13.3. The van der Waals surface area contributed by atoms with Gasteiger partial charge in [-0.2, -0.15) is 0 Å². The number of anilines is 2. The highest BCUT2D eigenvalue weighted by Crippen LogP contribution is 2.37. The van der Waals surface area contributed by atoms with Crippen molar-refractivity contribution in [2.75, 3.05) is 71.2 Å². The number of piperazine rings is 1. The average Bonchev–Trinajstić information content (AvgIpc) is 3.78. The molecule has 258 valence electrons. The standard InChI is InChI=1S/C32H38ClN7O4.CH4O.CH2O/c1-5-22-23(8-9-27(44-4)29(22)34-2)26-19-36-30(38(26)3)31(42)37-21-6-7-24(25(33)17-21)32(43)40-14-12-39(13-15-40)28(41)16-20-10-11-35-18-20;2*1-2/h5-9,17,19-20,34-35H,1,10-16,18H2,2-4H3,(H,37,42);2H,1H3;1H2/t20-;;/m0../s1. The molecule has 14 heteroatoms. The minimum Gasteiger partial charge on any atom is -0.495 e. The number of methoxy groups -OCH3 is 1. The van der Waals surface area contributed by atoms with Crippen LogP contribution in [0.5, 0.6) is 5.75 Å². The summed E-state index contributed by atoms with van der Waals surface area (Å²) in [6.45, 7) is 9.70. The lowest BCUT2D eigenvalue weighted by Crippen LogP contribution is -2.51. The van der Waals surface area contributed by atoms with E-state index in [-0.39, 0.29) is 22.7 Å². The van der Waals surface area contributed by atoms with Gasteiger partial charge in [0.05, 0.1) is 35.3 Å². The van der Waals surface area contributed by atoms with Crippen LogP contribution in [-0.2, 0) is 16.6 Å². The fraction of sp³-hybridized carbons (Fsp3) is 0.382. The fourth-order valence-electron chi connectivity index (χ4n) is 5.88. The molecule has 3 heterocycles. The summed E-state index contributed by atoms with van der Waals surface area (Å²) in [7, 11) is 6.17. The molecule has 2 saturated heterocycles. The third-order valence-electron chi connectivity index (χ3n) is 8.35. The molecule has 2 aliphatic heterocycles. The predicted molar refractivity (Wildman–Crippen MR) is 188 cm³/mol. The van der Waals surface area contributed by atoms with Crippen molar-refractivity contribution >= 4 is 53.6 Å². The summed E-state index contributed by atoms with van der Waals surface area (Å²) < 4.78 is 7.17. The van der Waals surface area contributed by atoms with Gasteiger partial charge in [-0.1, -0.05) is 24.3 Å². The predicted octanol–water partition coefficient (Wildman–Crippen LogP) is 3.39. The molecule has 1 atom stereocenters. The number of aromatic nitrogens is 2. The van der Waals surface area contributed by atoms with Gasteiger partial charge in [-0.3, -0.25) is 14.4 Å². The van der Waals surface area contributed by atoms with Crippen molar-refractivity contribution in [2.24, 2.45) is 13.0 Å². The zero-order valence-electron chi connectivity index (χ0n) is 27.8. The van der Waals surface area contributed by atoms with Crippen LogP contribution in [0.1, 0.15) is 39.4 Å². The third-order valence-corrected chi connectivity index (χ3v) is 8.66. The van der Waals surface area contributed by atoms with E-state index in [1.54, 1.807) is 61.1 Å². The van der Waals surface area contributed by atoms with Crippen molar-refractivity contribution in [3.05, 3.63) is 65.1 Å². The van der Waals surface area contributed by atoms with E-state index >= 15 is 0 Å². The number of halogens is 1. The number of ether oxygens (including phenoxy) is 1.